The van der Waals surface area contributed by atoms with Crippen LogP contribution in [0.1, 0.15) is 41.3 Å². The molecule has 0 aromatic heterocycles. The van der Waals surface area contributed by atoms with Gasteiger partial charge in [-0.1, -0.05) is 6.92 Å². The van der Waals surface area contributed by atoms with Crippen molar-refractivity contribution in [3.05, 3.63) is 46.7 Å². The van der Waals surface area contributed by atoms with E-state index in [1.165, 1.54) is 6.42 Å². The number of ether oxygens (including phenoxy) is 4. The van der Waals surface area contributed by atoms with E-state index < -0.39 is 0 Å². The number of carbonyl (C=O) groups excluding carboxylic acids is 1. The van der Waals surface area contributed by atoms with E-state index in [4.69, 9.17) is 18.9 Å². The zero-order valence-corrected chi connectivity index (χ0v) is 18.9. The van der Waals surface area contributed by atoms with Gasteiger partial charge in [0, 0.05) is 24.7 Å². The quantitative estimate of drug-likeness (QED) is 0.674. The highest BCUT2D eigenvalue weighted by Gasteiger charge is 2.32. The fourth-order valence-corrected chi connectivity index (χ4v) is 4.41. The first-order chi connectivity index (χ1) is 15.4. The molecule has 0 bridgehead atoms. The van der Waals surface area contributed by atoms with Crippen molar-refractivity contribution in [1.29, 1.82) is 0 Å². The molecule has 0 spiro atoms. The first kappa shape index (κ1) is 22.0. The predicted molar refractivity (Wildman–Crippen MR) is 121 cm³/mol. The van der Waals surface area contributed by atoms with Crippen LogP contribution in [0.2, 0.25) is 0 Å². The maximum atomic E-state index is 13.1. The van der Waals surface area contributed by atoms with Crippen LogP contribution in [0.25, 0.3) is 6.08 Å². The number of nitrogens with zero attached hydrogens (tertiary/aromatic N) is 1. The van der Waals surface area contributed by atoms with E-state index in [-0.39, 0.29) is 17.3 Å². The molecule has 170 valence electrons. The molecule has 2 aromatic rings. The Bertz CT molecular complexity index is 1060. The average molecular weight is 440 g/mol. The molecule has 7 heteroatoms. The van der Waals surface area contributed by atoms with Crippen LogP contribution >= 0.6 is 0 Å². The van der Waals surface area contributed by atoms with E-state index in [1.807, 2.05) is 0 Å². The molecule has 2 aliphatic rings. The van der Waals surface area contributed by atoms with Crippen molar-refractivity contribution < 1.29 is 28.8 Å². The summed E-state index contributed by atoms with van der Waals surface area (Å²) in [7, 11) is 4.64. The Morgan fingerprint density at radius 3 is 2.53 bits per heavy atom. The van der Waals surface area contributed by atoms with Gasteiger partial charge in [-0.15, -0.1) is 0 Å². The Hall–Kier alpha value is -3.19. The summed E-state index contributed by atoms with van der Waals surface area (Å²) in [6, 6.07) is 6.62. The second-order valence-electron chi connectivity index (χ2n) is 8.31. The number of aromatic hydroxyl groups is 1. The SMILES string of the molecule is COc1cc(OC)c(OC)cc1/C=C1\Oc2c(ccc(O)c2CN2CCCC(C)C2)C1=O. The summed E-state index contributed by atoms with van der Waals surface area (Å²) >= 11 is 0. The van der Waals surface area contributed by atoms with E-state index in [0.29, 0.717) is 52.2 Å². The third-order valence-electron chi connectivity index (χ3n) is 6.06. The first-order valence-corrected chi connectivity index (χ1v) is 10.8. The van der Waals surface area contributed by atoms with E-state index >= 15 is 0 Å². The molecule has 2 aromatic carbocycles. The molecule has 1 atom stereocenters. The fraction of sp³-hybridized carbons (Fsp3) is 0.400. The summed E-state index contributed by atoms with van der Waals surface area (Å²) < 4.78 is 22.2. The average Bonchev–Trinajstić information content (AvgIpc) is 3.10. The molecular formula is C25H29NO6. The molecule has 0 aliphatic carbocycles. The van der Waals surface area contributed by atoms with Gasteiger partial charge >= 0.3 is 0 Å². The highest BCUT2D eigenvalue weighted by molar-refractivity contribution is 6.15. The number of carbonyl (C=O) groups is 1. The molecule has 1 unspecified atom stereocenters. The number of likely N-dealkylation sites (tertiary alicyclic amines) is 1. The number of methoxy groups -OCH3 is 3. The van der Waals surface area contributed by atoms with Crippen molar-refractivity contribution in [3.63, 3.8) is 0 Å². The highest BCUT2D eigenvalue weighted by Crippen LogP contribution is 2.42. The molecule has 1 saturated heterocycles. The molecule has 0 amide bonds. The Labute approximate surface area is 188 Å². The number of hydrogen-bond donors (Lipinski definition) is 1. The Balaban J connectivity index is 1.68. The first-order valence-electron chi connectivity index (χ1n) is 10.8. The number of phenolic OH excluding ortho intramolecular Hbond substituents is 1. The van der Waals surface area contributed by atoms with Gasteiger partial charge in [0.2, 0.25) is 5.78 Å². The summed E-state index contributed by atoms with van der Waals surface area (Å²) in [5.74, 6) is 2.68. The van der Waals surface area contributed by atoms with Crippen LogP contribution < -0.4 is 18.9 Å². The van der Waals surface area contributed by atoms with Crippen molar-refractivity contribution in [2.45, 2.75) is 26.3 Å². The number of rotatable bonds is 6. The minimum Gasteiger partial charge on any atom is -0.507 e. The van der Waals surface area contributed by atoms with Crippen molar-refractivity contribution in [1.82, 2.24) is 4.90 Å². The third kappa shape index (κ3) is 4.12. The number of hydrogen-bond acceptors (Lipinski definition) is 7. The van der Waals surface area contributed by atoms with Gasteiger partial charge in [0.1, 0.15) is 17.2 Å². The molecule has 32 heavy (non-hydrogen) atoms. The number of piperidine rings is 1. The molecular weight excluding hydrogens is 410 g/mol. The number of phenols is 1. The lowest BCUT2D eigenvalue weighted by Crippen LogP contribution is -2.33. The van der Waals surface area contributed by atoms with Gasteiger partial charge in [-0.05, 0) is 49.6 Å². The minimum absolute atomic E-state index is 0.139. The monoisotopic (exact) mass is 439 g/mol. The molecule has 1 fully saturated rings. The van der Waals surface area contributed by atoms with Crippen molar-refractivity contribution in [2.24, 2.45) is 5.92 Å². The van der Waals surface area contributed by atoms with Crippen LogP contribution in [0.4, 0.5) is 0 Å². The third-order valence-corrected chi connectivity index (χ3v) is 6.06. The molecule has 2 heterocycles. The standard InChI is InChI=1S/C25H29NO6/c1-15-6-5-9-26(13-15)14-18-19(27)8-7-17-24(28)23(32-25(17)18)11-16-10-21(30-3)22(31-4)12-20(16)29-2/h7-8,10-12,15,27H,5-6,9,13-14H2,1-4H3/b23-11-. The van der Waals surface area contributed by atoms with Gasteiger partial charge < -0.3 is 24.1 Å². The summed E-state index contributed by atoms with van der Waals surface area (Å²) in [5.41, 5.74) is 1.72. The van der Waals surface area contributed by atoms with Gasteiger partial charge in [-0.25, -0.2) is 0 Å². The smallest absolute Gasteiger partial charge is 0.231 e. The number of ketones is 1. The maximum Gasteiger partial charge on any atom is 0.231 e. The Morgan fingerprint density at radius 1 is 1.12 bits per heavy atom. The largest absolute Gasteiger partial charge is 0.507 e. The van der Waals surface area contributed by atoms with Crippen LogP contribution in [0.15, 0.2) is 30.0 Å². The lowest BCUT2D eigenvalue weighted by Gasteiger charge is -2.31. The molecule has 4 rings (SSSR count). The zero-order chi connectivity index (χ0) is 22.8. The van der Waals surface area contributed by atoms with Gasteiger partial charge in [0.15, 0.2) is 17.3 Å². The van der Waals surface area contributed by atoms with Crippen LogP contribution in [0, 0.1) is 5.92 Å². The molecule has 0 saturated carbocycles. The van der Waals surface area contributed by atoms with Gasteiger partial charge in [-0.3, -0.25) is 9.69 Å². The van der Waals surface area contributed by atoms with E-state index in [2.05, 4.69) is 11.8 Å². The second kappa shape index (κ2) is 9.12. The number of allylic oxidation sites excluding steroid dienone is 1. The van der Waals surface area contributed by atoms with Crippen molar-refractivity contribution in [2.75, 3.05) is 34.4 Å². The predicted octanol–water partition coefficient (Wildman–Crippen LogP) is 4.27. The molecule has 7 nitrogen and oxygen atoms in total. The zero-order valence-electron chi connectivity index (χ0n) is 18.9. The molecule has 2 aliphatic heterocycles. The number of Topliss-reactive ketones (excluding diaryl/α,β-unsaturated/α-hetero) is 1. The topological polar surface area (TPSA) is 77.5 Å². The van der Waals surface area contributed by atoms with Gasteiger partial charge in [0.05, 0.1) is 32.5 Å². The lowest BCUT2D eigenvalue weighted by atomic mass is 9.99. The van der Waals surface area contributed by atoms with Crippen molar-refractivity contribution >= 4 is 11.9 Å². The Morgan fingerprint density at radius 2 is 1.84 bits per heavy atom. The fourth-order valence-electron chi connectivity index (χ4n) is 4.41. The van der Waals surface area contributed by atoms with Crippen LogP contribution in [0.5, 0.6) is 28.7 Å². The summed E-state index contributed by atoms with van der Waals surface area (Å²) in [6.07, 6.45) is 3.97. The van der Waals surface area contributed by atoms with Crippen LogP contribution in [-0.4, -0.2) is 50.2 Å². The summed E-state index contributed by atoms with van der Waals surface area (Å²) in [6.45, 7) is 4.70. The van der Waals surface area contributed by atoms with E-state index in [0.717, 1.165) is 19.5 Å². The Kier molecular flexibility index (Phi) is 6.28. The highest BCUT2D eigenvalue weighted by atomic mass is 16.5. The number of fused-ring (bicyclic) bond motifs is 1. The maximum absolute atomic E-state index is 13.1. The van der Waals surface area contributed by atoms with Gasteiger partial charge in [-0.2, -0.15) is 0 Å². The van der Waals surface area contributed by atoms with E-state index in [1.54, 1.807) is 51.7 Å². The van der Waals surface area contributed by atoms with Crippen molar-refractivity contribution in [3.8, 4) is 28.7 Å². The van der Waals surface area contributed by atoms with E-state index in [9.17, 15) is 9.90 Å². The molecule has 0 radical (unpaired) electrons. The van der Waals surface area contributed by atoms with Crippen LogP contribution in [0.3, 0.4) is 0 Å². The van der Waals surface area contributed by atoms with Crippen LogP contribution in [-0.2, 0) is 6.54 Å². The lowest BCUT2D eigenvalue weighted by molar-refractivity contribution is 0.101. The van der Waals surface area contributed by atoms with Gasteiger partial charge in [0.25, 0.3) is 0 Å². The minimum atomic E-state index is -0.231. The summed E-state index contributed by atoms with van der Waals surface area (Å²) in [4.78, 5) is 15.4. The number of benzene rings is 2. The summed E-state index contributed by atoms with van der Waals surface area (Å²) in [5, 5.41) is 10.6. The molecule has 1 N–H and O–H groups in total. The second-order valence-corrected chi connectivity index (χ2v) is 8.31. The normalized spacial score (nSPS) is 19.6.